The van der Waals surface area contributed by atoms with Gasteiger partial charge in [-0.25, -0.2) is 4.39 Å². The summed E-state index contributed by atoms with van der Waals surface area (Å²) in [7, 11) is 0. The Balaban J connectivity index is 1.82. The number of hydrogen-bond acceptors (Lipinski definition) is 3. The van der Waals surface area contributed by atoms with Crippen LogP contribution in [0.4, 0.5) is 10.1 Å². The minimum atomic E-state index is -0.473. The first-order valence-electron chi connectivity index (χ1n) is 7.48. The molecule has 1 atom stereocenters. The molecule has 0 aromatic heterocycles. The summed E-state index contributed by atoms with van der Waals surface area (Å²) >= 11 is 0. The maximum absolute atomic E-state index is 13.5. The number of nitrogens with one attached hydrogen (secondary N) is 1. The Morgan fingerprint density at radius 1 is 1.41 bits per heavy atom. The van der Waals surface area contributed by atoms with Gasteiger partial charge in [0.1, 0.15) is 5.82 Å². The van der Waals surface area contributed by atoms with Crippen molar-refractivity contribution in [1.82, 2.24) is 4.90 Å². The Bertz CT molecular complexity index is 530. The van der Waals surface area contributed by atoms with Gasteiger partial charge in [-0.15, -0.1) is 0 Å². The number of para-hydroxylation sites is 1. The topological polar surface area (TPSA) is 58.6 Å². The van der Waals surface area contributed by atoms with Crippen molar-refractivity contribution in [1.29, 1.82) is 0 Å². The molecule has 0 bridgehead atoms. The van der Waals surface area contributed by atoms with E-state index in [0.29, 0.717) is 13.1 Å². The molecule has 5 nitrogen and oxygen atoms in total. The fourth-order valence-electron chi connectivity index (χ4n) is 2.42. The number of rotatable bonds is 6. The average molecular weight is 308 g/mol. The highest BCUT2D eigenvalue weighted by molar-refractivity contribution is 5.91. The van der Waals surface area contributed by atoms with Gasteiger partial charge in [0, 0.05) is 33.0 Å². The van der Waals surface area contributed by atoms with Crippen molar-refractivity contribution in [2.75, 3.05) is 25.0 Å². The fourth-order valence-corrected chi connectivity index (χ4v) is 2.42. The van der Waals surface area contributed by atoms with E-state index in [1.54, 1.807) is 17.0 Å². The van der Waals surface area contributed by atoms with E-state index in [2.05, 4.69) is 5.32 Å². The molecule has 1 heterocycles. The van der Waals surface area contributed by atoms with Crippen LogP contribution in [-0.4, -0.2) is 42.5 Å². The van der Waals surface area contributed by atoms with Crippen LogP contribution in [0.15, 0.2) is 24.3 Å². The quantitative estimate of drug-likeness (QED) is 0.876. The summed E-state index contributed by atoms with van der Waals surface area (Å²) in [5.41, 5.74) is 0.154. The van der Waals surface area contributed by atoms with Gasteiger partial charge in [-0.1, -0.05) is 12.1 Å². The molecule has 1 aromatic carbocycles. The molecule has 120 valence electrons. The molecule has 0 aliphatic carbocycles. The lowest BCUT2D eigenvalue weighted by molar-refractivity contribution is -0.130. The van der Waals surface area contributed by atoms with Gasteiger partial charge in [-0.2, -0.15) is 0 Å². The third kappa shape index (κ3) is 4.80. The number of ether oxygens (including phenoxy) is 1. The normalized spacial score (nSPS) is 17.3. The average Bonchev–Trinajstić information content (AvgIpc) is 2.98. The second-order valence-electron chi connectivity index (χ2n) is 5.38. The van der Waals surface area contributed by atoms with Crippen molar-refractivity contribution < 1.29 is 18.7 Å². The molecule has 6 heteroatoms. The molecular formula is C16H21FN2O3. The summed E-state index contributed by atoms with van der Waals surface area (Å²) in [5.74, 6) is -0.878. The van der Waals surface area contributed by atoms with Gasteiger partial charge in [-0.3, -0.25) is 9.59 Å². The van der Waals surface area contributed by atoms with E-state index in [0.717, 1.165) is 19.4 Å². The molecule has 0 spiro atoms. The van der Waals surface area contributed by atoms with Crippen molar-refractivity contribution in [3.05, 3.63) is 30.1 Å². The molecular weight excluding hydrogens is 287 g/mol. The van der Waals surface area contributed by atoms with Crippen LogP contribution in [0.3, 0.4) is 0 Å². The highest BCUT2D eigenvalue weighted by Gasteiger charge is 2.21. The monoisotopic (exact) mass is 308 g/mol. The van der Waals surface area contributed by atoms with E-state index in [9.17, 15) is 14.0 Å². The number of carbonyl (C=O) groups is 2. The number of benzene rings is 1. The molecule has 1 unspecified atom stereocenters. The molecule has 1 aromatic rings. The molecule has 1 saturated heterocycles. The summed E-state index contributed by atoms with van der Waals surface area (Å²) in [4.78, 5) is 25.1. The van der Waals surface area contributed by atoms with Crippen molar-refractivity contribution in [2.24, 2.45) is 0 Å². The maximum atomic E-state index is 13.5. The number of carbonyl (C=O) groups excluding carboxylic acids is 2. The lowest BCUT2D eigenvalue weighted by atomic mass is 10.2. The predicted octanol–water partition coefficient (Wildman–Crippen LogP) is 2.18. The molecule has 22 heavy (non-hydrogen) atoms. The maximum Gasteiger partial charge on any atom is 0.226 e. The van der Waals surface area contributed by atoms with Crippen LogP contribution in [0.5, 0.6) is 0 Å². The first-order chi connectivity index (χ1) is 10.6. The minimum absolute atomic E-state index is 0.0542. The van der Waals surface area contributed by atoms with Gasteiger partial charge >= 0.3 is 0 Å². The lowest BCUT2D eigenvalue weighted by Gasteiger charge is -2.23. The van der Waals surface area contributed by atoms with Crippen LogP contribution in [0, 0.1) is 5.82 Å². The standard InChI is InChI=1S/C16H21FN2O3/c1-12(20)19(11-13-5-4-10-22-13)9-8-16(21)18-15-7-3-2-6-14(15)17/h2-3,6-7,13H,4-5,8-11H2,1H3,(H,18,21). The highest BCUT2D eigenvalue weighted by atomic mass is 19.1. The van der Waals surface area contributed by atoms with Crippen LogP contribution in [0.1, 0.15) is 26.2 Å². The van der Waals surface area contributed by atoms with E-state index >= 15 is 0 Å². The molecule has 2 rings (SSSR count). The van der Waals surface area contributed by atoms with E-state index in [1.165, 1.54) is 19.1 Å². The van der Waals surface area contributed by atoms with Gasteiger partial charge in [-0.05, 0) is 25.0 Å². The first kappa shape index (κ1) is 16.4. The van der Waals surface area contributed by atoms with E-state index in [4.69, 9.17) is 4.74 Å². The Morgan fingerprint density at radius 2 is 2.18 bits per heavy atom. The zero-order chi connectivity index (χ0) is 15.9. The molecule has 1 N–H and O–H groups in total. The number of anilines is 1. The number of halogens is 1. The Labute approximate surface area is 129 Å². The second-order valence-corrected chi connectivity index (χ2v) is 5.38. The second kappa shape index (κ2) is 7.89. The van der Waals surface area contributed by atoms with Crippen molar-refractivity contribution in [3.8, 4) is 0 Å². The van der Waals surface area contributed by atoms with E-state index in [1.807, 2.05) is 0 Å². The first-order valence-corrected chi connectivity index (χ1v) is 7.48. The third-order valence-electron chi connectivity index (χ3n) is 3.65. The lowest BCUT2D eigenvalue weighted by Crippen LogP contribution is -2.37. The van der Waals surface area contributed by atoms with Gasteiger partial charge in [0.15, 0.2) is 0 Å². The summed E-state index contributed by atoms with van der Waals surface area (Å²) in [6.07, 6.45) is 2.12. The molecule has 1 fully saturated rings. The molecule has 1 aliphatic heterocycles. The fraction of sp³-hybridized carbons (Fsp3) is 0.500. The van der Waals surface area contributed by atoms with Gasteiger partial charge in [0.05, 0.1) is 11.8 Å². The third-order valence-corrected chi connectivity index (χ3v) is 3.65. The Morgan fingerprint density at radius 3 is 2.82 bits per heavy atom. The van der Waals surface area contributed by atoms with Crippen LogP contribution < -0.4 is 5.32 Å². The Hall–Kier alpha value is -1.95. The van der Waals surface area contributed by atoms with Crippen LogP contribution in [0.25, 0.3) is 0 Å². The predicted molar refractivity (Wildman–Crippen MR) is 80.9 cm³/mol. The number of hydrogen-bond donors (Lipinski definition) is 1. The molecule has 0 radical (unpaired) electrons. The van der Waals surface area contributed by atoms with Gasteiger partial charge in [0.2, 0.25) is 11.8 Å². The van der Waals surface area contributed by atoms with E-state index in [-0.39, 0.29) is 30.0 Å². The number of nitrogens with zero attached hydrogens (tertiary/aromatic N) is 1. The smallest absolute Gasteiger partial charge is 0.226 e. The van der Waals surface area contributed by atoms with Crippen molar-refractivity contribution in [3.63, 3.8) is 0 Å². The van der Waals surface area contributed by atoms with E-state index < -0.39 is 5.82 Å². The summed E-state index contributed by atoms with van der Waals surface area (Å²) in [6, 6.07) is 6.00. The minimum Gasteiger partial charge on any atom is -0.376 e. The molecule has 2 amide bonds. The van der Waals surface area contributed by atoms with Gasteiger partial charge < -0.3 is 15.0 Å². The van der Waals surface area contributed by atoms with Crippen LogP contribution in [0.2, 0.25) is 0 Å². The van der Waals surface area contributed by atoms with Crippen molar-refractivity contribution >= 4 is 17.5 Å². The summed E-state index contributed by atoms with van der Waals surface area (Å²) < 4.78 is 19.0. The van der Waals surface area contributed by atoms with Crippen molar-refractivity contribution in [2.45, 2.75) is 32.3 Å². The highest BCUT2D eigenvalue weighted by Crippen LogP contribution is 2.15. The zero-order valence-electron chi connectivity index (χ0n) is 12.7. The zero-order valence-corrected chi connectivity index (χ0v) is 12.7. The Kier molecular flexibility index (Phi) is 5.89. The molecule has 0 saturated carbocycles. The SMILES string of the molecule is CC(=O)N(CCC(=O)Nc1ccccc1F)CC1CCCO1. The largest absolute Gasteiger partial charge is 0.376 e. The van der Waals surface area contributed by atoms with Crippen LogP contribution in [-0.2, 0) is 14.3 Å². The van der Waals surface area contributed by atoms with Crippen LogP contribution >= 0.6 is 0 Å². The van der Waals surface area contributed by atoms with Gasteiger partial charge in [0.25, 0.3) is 0 Å². The summed E-state index contributed by atoms with van der Waals surface area (Å²) in [6.45, 7) is 3.01. The summed E-state index contributed by atoms with van der Waals surface area (Å²) in [5, 5.41) is 2.51. The molecule has 1 aliphatic rings. The number of amides is 2.